The third kappa shape index (κ3) is 2.20. The number of nitriles is 1. The summed E-state index contributed by atoms with van der Waals surface area (Å²) in [5.74, 6) is 0.0885. The highest BCUT2D eigenvalue weighted by Gasteiger charge is 2.30. The Morgan fingerprint density at radius 2 is 2.23 bits per heavy atom. The van der Waals surface area contributed by atoms with Crippen molar-refractivity contribution < 1.29 is 8.42 Å². The fourth-order valence-corrected chi connectivity index (χ4v) is 2.81. The van der Waals surface area contributed by atoms with Crippen LogP contribution in [0.3, 0.4) is 0 Å². The van der Waals surface area contributed by atoms with Crippen LogP contribution in [-0.2, 0) is 10.0 Å². The highest BCUT2D eigenvalue weighted by atomic mass is 32.2. The second kappa shape index (κ2) is 4.07. The zero-order valence-corrected chi connectivity index (χ0v) is 8.55. The summed E-state index contributed by atoms with van der Waals surface area (Å²) in [6.45, 7) is 2.12. The molecule has 0 aromatic heterocycles. The predicted octanol–water partition coefficient (Wildman–Crippen LogP) is 0.714. The number of sulfonamides is 1. The van der Waals surface area contributed by atoms with Gasteiger partial charge in [0.1, 0.15) is 6.04 Å². The van der Waals surface area contributed by atoms with Crippen molar-refractivity contribution in [2.24, 2.45) is 0 Å². The molecule has 0 aromatic rings. The molecule has 1 fully saturated rings. The van der Waals surface area contributed by atoms with E-state index in [1.165, 1.54) is 4.31 Å². The first-order valence-corrected chi connectivity index (χ1v) is 6.12. The molecule has 0 saturated carbocycles. The van der Waals surface area contributed by atoms with E-state index in [2.05, 4.69) is 0 Å². The summed E-state index contributed by atoms with van der Waals surface area (Å²) in [4.78, 5) is 0. The van der Waals surface area contributed by atoms with Gasteiger partial charge in [0.15, 0.2) is 0 Å². The van der Waals surface area contributed by atoms with Crippen LogP contribution in [0.25, 0.3) is 0 Å². The monoisotopic (exact) mass is 202 g/mol. The molecule has 0 bridgehead atoms. The fourth-order valence-electron chi connectivity index (χ4n) is 1.53. The molecule has 1 rings (SSSR count). The minimum Gasteiger partial charge on any atom is -0.212 e. The second-order valence-electron chi connectivity index (χ2n) is 3.15. The van der Waals surface area contributed by atoms with Gasteiger partial charge in [-0.2, -0.15) is 9.57 Å². The minimum atomic E-state index is -3.17. The summed E-state index contributed by atoms with van der Waals surface area (Å²) in [6.07, 6.45) is 2.50. The van der Waals surface area contributed by atoms with E-state index >= 15 is 0 Å². The van der Waals surface area contributed by atoms with Gasteiger partial charge in [-0.05, 0) is 26.2 Å². The van der Waals surface area contributed by atoms with Crippen LogP contribution in [0, 0.1) is 11.3 Å². The van der Waals surface area contributed by atoms with Crippen LogP contribution < -0.4 is 0 Å². The fraction of sp³-hybridized carbons (Fsp3) is 0.875. The van der Waals surface area contributed by atoms with Gasteiger partial charge < -0.3 is 0 Å². The highest BCUT2D eigenvalue weighted by Crippen LogP contribution is 2.19. The van der Waals surface area contributed by atoms with E-state index in [1.807, 2.05) is 6.07 Å². The van der Waals surface area contributed by atoms with E-state index in [-0.39, 0.29) is 5.75 Å². The number of hydrogen-bond donors (Lipinski definition) is 0. The lowest BCUT2D eigenvalue weighted by atomic mass is 10.1. The lowest BCUT2D eigenvalue weighted by Crippen LogP contribution is -2.43. The summed E-state index contributed by atoms with van der Waals surface area (Å²) in [6, 6.07) is 1.61. The van der Waals surface area contributed by atoms with E-state index in [4.69, 9.17) is 5.26 Å². The molecule has 1 aliphatic heterocycles. The van der Waals surface area contributed by atoms with Gasteiger partial charge in [0.05, 0.1) is 11.8 Å². The third-order valence-electron chi connectivity index (χ3n) is 2.32. The van der Waals surface area contributed by atoms with Crippen LogP contribution >= 0.6 is 0 Å². The van der Waals surface area contributed by atoms with Gasteiger partial charge in [0.2, 0.25) is 10.0 Å². The van der Waals surface area contributed by atoms with Crippen LogP contribution in [0.5, 0.6) is 0 Å². The van der Waals surface area contributed by atoms with Crippen LogP contribution in [0.2, 0.25) is 0 Å². The molecule has 1 saturated heterocycles. The summed E-state index contributed by atoms with van der Waals surface area (Å²) in [7, 11) is -3.17. The summed E-state index contributed by atoms with van der Waals surface area (Å²) < 4.78 is 24.3. The van der Waals surface area contributed by atoms with E-state index in [9.17, 15) is 8.42 Å². The molecule has 1 heterocycles. The van der Waals surface area contributed by atoms with Crippen molar-refractivity contribution in [1.29, 1.82) is 5.26 Å². The van der Waals surface area contributed by atoms with Gasteiger partial charge in [0, 0.05) is 6.54 Å². The molecule has 0 unspecified atom stereocenters. The van der Waals surface area contributed by atoms with Crippen LogP contribution in [0.1, 0.15) is 26.2 Å². The standard InChI is InChI=1S/C8H14N2O2S/c1-2-13(11,12)10-6-4-3-5-8(10)7-9/h8H,2-6H2,1H3/t8-/m1/s1. The molecule has 5 heteroatoms. The molecule has 0 aliphatic carbocycles. The molecular weight excluding hydrogens is 188 g/mol. The third-order valence-corrected chi connectivity index (χ3v) is 4.21. The molecule has 13 heavy (non-hydrogen) atoms. The zero-order valence-electron chi connectivity index (χ0n) is 7.73. The first-order valence-electron chi connectivity index (χ1n) is 4.51. The first kappa shape index (κ1) is 10.5. The quantitative estimate of drug-likeness (QED) is 0.662. The minimum absolute atomic E-state index is 0.0885. The Morgan fingerprint density at radius 3 is 2.77 bits per heavy atom. The predicted molar refractivity (Wildman–Crippen MR) is 49.4 cm³/mol. The van der Waals surface area contributed by atoms with Gasteiger partial charge >= 0.3 is 0 Å². The van der Waals surface area contributed by atoms with Crippen LogP contribution in [-0.4, -0.2) is 31.1 Å². The van der Waals surface area contributed by atoms with Gasteiger partial charge in [-0.1, -0.05) is 0 Å². The van der Waals surface area contributed by atoms with Crippen molar-refractivity contribution in [2.75, 3.05) is 12.3 Å². The zero-order chi connectivity index (χ0) is 9.90. The Hall–Kier alpha value is -0.600. The maximum Gasteiger partial charge on any atom is 0.215 e. The molecule has 0 N–H and O–H groups in total. The van der Waals surface area contributed by atoms with Gasteiger partial charge in [-0.3, -0.25) is 0 Å². The highest BCUT2D eigenvalue weighted by molar-refractivity contribution is 7.89. The van der Waals surface area contributed by atoms with Gasteiger partial charge in [-0.15, -0.1) is 0 Å². The molecular formula is C8H14N2O2S. The van der Waals surface area contributed by atoms with Crippen molar-refractivity contribution in [3.63, 3.8) is 0 Å². The second-order valence-corrected chi connectivity index (χ2v) is 5.36. The maximum atomic E-state index is 11.5. The molecule has 0 radical (unpaired) electrons. The SMILES string of the molecule is CCS(=O)(=O)N1CCCC[C@@H]1C#N. The first-order chi connectivity index (χ1) is 6.11. The number of hydrogen-bond acceptors (Lipinski definition) is 3. The van der Waals surface area contributed by atoms with Gasteiger partial charge in [0.25, 0.3) is 0 Å². The van der Waals surface area contributed by atoms with Crippen molar-refractivity contribution in [3.05, 3.63) is 0 Å². The summed E-state index contributed by atoms with van der Waals surface area (Å²) in [5.41, 5.74) is 0. The molecule has 74 valence electrons. The molecule has 0 spiro atoms. The molecule has 1 aliphatic rings. The molecule has 4 nitrogen and oxygen atoms in total. The summed E-state index contributed by atoms with van der Waals surface area (Å²) in [5, 5.41) is 8.76. The summed E-state index contributed by atoms with van der Waals surface area (Å²) >= 11 is 0. The Balaban J connectivity index is 2.83. The topological polar surface area (TPSA) is 61.2 Å². The van der Waals surface area contributed by atoms with Gasteiger partial charge in [-0.25, -0.2) is 8.42 Å². The smallest absolute Gasteiger partial charge is 0.212 e. The van der Waals surface area contributed by atoms with E-state index in [0.717, 1.165) is 12.8 Å². The average molecular weight is 202 g/mol. The van der Waals surface area contributed by atoms with Crippen LogP contribution in [0.15, 0.2) is 0 Å². The van der Waals surface area contributed by atoms with E-state index in [1.54, 1.807) is 6.92 Å². The number of piperidine rings is 1. The molecule has 0 aromatic carbocycles. The normalized spacial score (nSPS) is 25.4. The number of nitrogens with zero attached hydrogens (tertiary/aromatic N) is 2. The van der Waals surface area contributed by atoms with E-state index < -0.39 is 16.1 Å². The Bertz CT molecular complexity index is 305. The maximum absolute atomic E-state index is 11.5. The van der Waals surface area contributed by atoms with Crippen molar-refractivity contribution in [3.8, 4) is 6.07 Å². The number of rotatable bonds is 2. The van der Waals surface area contributed by atoms with E-state index in [0.29, 0.717) is 13.0 Å². The Kier molecular flexibility index (Phi) is 3.28. The van der Waals surface area contributed by atoms with Crippen molar-refractivity contribution >= 4 is 10.0 Å². The molecule has 0 amide bonds. The largest absolute Gasteiger partial charge is 0.215 e. The Morgan fingerprint density at radius 1 is 1.54 bits per heavy atom. The Labute approximate surface area is 79.2 Å². The van der Waals surface area contributed by atoms with Crippen molar-refractivity contribution in [2.45, 2.75) is 32.2 Å². The average Bonchev–Trinajstić information content (AvgIpc) is 2.18. The van der Waals surface area contributed by atoms with Crippen molar-refractivity contribution in [1.82, 2.24) is 4.31 Å². The van der Waals surface area contributed by atoms with Crippen LogP contribution in [0.4, 0.5) is 0 Å². The lowest BCUT2D eigenvalue weighted by Gasteiger charge is -2.29. The molecule has 1 atom stereocenters. The lowest BCUT2D eigenvalue weighted by molar-refractivity contribution is 0.297.